The molecular formula is C15H23NO3S. The summed E-state index contributed by atoms with van der Waals surface area (Å²) < 4.78 is 30.1. The van der Waals surface area contributed by atoms with Crippen molar-refractivity contribution < 1.29 is 13.2 Å². The van der Waals surface area contributed by atoms with Crippen LogP contribution >= 0.6 is 0 Å². The molecule has 0 aromatic heterocycles. The second kappa shape index (κ2) is 6.59. The van der Waals surface area contributed by atoms with Crippen LogP contribution in [-0.2, 0) is 9.84 Å². The van der Waals surface area contributed by atoms with Gasteiger partial charge in [-0.05, 0) is 44.5 Å². The molecule has 0 spiro atoms. The maximum Gasteiger partial charge on any atom is 0.155 e. The van der Waals surface area contributed by atoms with Gasteiger partial charge in [-0.1, -0.05) is 18.6 Å². The number of benzene rings is 1. The van der Waals surface area contributed by atoms with E-state index in [0.717, 1.165) is 30.6 Å². The number of nitrogens with one attached hydrogen (secondary N) is 1. The Balaban J connectivity index is 2.29. The first-order chi connectivity index (χ1) is 9.58. The molecule has 1 aromatic rings. The fourth-order valence-corrected chi connectivity index (χ4v) is 5.03. The number of sulfone groups is 1. The van der Waals surface area contributed by atoms with Crippen molar-refractivity contribution in [1.29, 1.82) is 0 Å². The van der Waals surface area contributed by atoms with Crippen LogP contribution in [0.1, 0.15) is 37.8 Å². The topological polar surface area (TPSA) is 55.4 Å². The lowest BCUT2D eigenvalue weighted by Gasteiger charge is -2.30. The predicted octanol–water partition coefficient (Wildman–Crippen LogP) is 2.31. The third kappa shape index (κ3) is 3.33. The summed E-state index contributed by atoms with van der Waals surface area (Å²) >= 11 is 0. The average molecular weight is 297 g/mol. The van der Waals surface area contributed by atoms with E-state index in [1.54, 1.807) is 0 Å². The Hall–Kier alpha value is -1.07. The molecule has 0 radical (unpaired) electrons. The fraction of sp³-hybridized carbons (Fsp3) is 0.600. The summed E-state index contributed by atoms with van der Waals surface area (Å²) in [5, 5.41) is 2.84. The van der Waals surface area contributed by atoms with Crippen molar-refractivity contribution in [2.75, 3.05) is 19.4 Å². The Morgan fingerprint density at radius 2 is 2.20 bits per heavy atom. The zero-order valence-electron chi connectivity index (χ0n) is 12.1. The van der Waals surface area contributed by atoms with Gasteiger partial charge in [-0.3, -0.25) is 0 Å². The van der Waals surface area contributed by atoms with Gasteiger partial charge in [0.2, 0.25) is 0 Å². The second-order valence-corrected chi connectivity index (χ2v) is 7.51. The van der Waals surface area contributed by atoms with Crippen LogP contribution in [0.25, 0.3) is 0 Å². The zero-order valence-corrected chi connectivity index (χ0v) is 12.9. The first-order valence-corrected chi connectivity index (χ1v) is 8.91. The summed E-state index contributed by atoms with van der Waals surface area (Å²) in [5.74, 6) is 1.10. The molecule has 5 heteroatoms. The molecule has 0 amide bonds. The molecule has 112 valence electrons. The van der Waals surface area contributed by atoms with Crippen molar-refractivity contribution >= 4 is 9.84 Å². The molecule has 20 heavy (non-hydrogen) atoms. The number of rotatable bonds is 5. The van der Waals surface area contributed by atoms with Gasteiger partial charge < -0.3 is 10.1 Å². The highest BCUT2D eigenvalue weighted by atomic mass is 32.2. The van der Waals surface area contributed by atoms with Crippen molar-refractivity contribution in [1.82, 2.24) is 5.32 Å². The lowest BCUT2D eigenvalue weighted by atomic mass is 9.99. The van der Waals surface area contributed by atoms with E-state index in [0.29, 0.717) is 12.4 Å². The molecular weight excluding hydrogens is 274 g/mol. The fourth-order valence-electron chi connectivity index (χ4n) is 2.89. The van der Waals surface area contributed by atoms with Gasteiger partial charge in [0.15, 0.2) is 9.84 Å². The van der Waals surface area contributed by atoms with Crippen LogP contribution in [0.5, 0.6) is 5.75 Å². The molecule has 0 aliphatic carbocycles. The van der Waals surface area contributed by atoms with Gasteiger partial charge in [-0.2, -0.15) is 0 Å². The van der Waals surface area contributed by atoms with Crippen molar-refractivity contribution in [3.05, 3.63) is 29.8 Å². The average Bonchev–Trinajstić information content (AvgIpc) is 2.42. The van der Waals surface area contributed by atoms with Gasteiger partial charge >= 0.3 is 0 Å². The van der Waals surface area contributed by atoms with Gasteiger partial charge in [-0.15, -0.1) is 0 Å². The minimum atomic E-state index is -3.01. The molecule has 1 aromatic carbocycles. The Morgan fingerprint density at radius 1 is 1.40 bits per heavy atom. The summed E-state index contributed by atoms with van der Waals surface area (Å²) in [5.41, 5.74) is 0.980. The van der Waals surface area contributed by atoms with Crippen LogP contribution in [-0.4, -0.2) is 33.1 Å². The maximum atomic E-state index is 12.3. The minimum Gasteiger partial charge on any atom is -0.494 e. The third-order valence-corrected chi connectivity index (χ3v) is 6.13. The first-order valence-electron chi connectivity index (χ1n) is 7.20. The van der Waals surface area contributed by atoms with E-state index in [-0.39, 0.29) is 11.3 Å². The molecule has 1 fully saturated rings. The van der Waals surface area contributed by atoms with Crippen LogP contribution < -0.4 is 10.1 Å². The summed E-state index contributed by atoms with van der Waals surface area (Å²) in [6.45, 7) is 2.54. The van der Waals surface area contributed by atoms with Crippen LogP contribution in [0.3, 0.4) is 0 Å². The standard InChI is InChI=1S/C15H23NO3S/c1-3-19-13-8-6-7-12(11-13)15(16-2)14-9-4-5-10-20(14,17)18/h6-8,11,14-16H,3-5,9-10H2,1-2H3. The largest absolute Gasteiger partial charge is 0.494 e. The van der Waals surface area contributed by atoms with E-state index < -0.39 is 9.84 Å². The molecule has 0 saturated carbocycles. The normalized spacial score (nSPS) is 23.2. The second-order valence-electron chi connectivity index (χ2n) is 5.17. The molecule has 1 heterocycles. The summed E-state index contributed by atoms with van der Waals surface area (Å²) in [7, 11) is -1.19. The van der Waals surface area contributed by atoms with E-state index in [2.05, 4.69) is 5.32 Å². The molecule has 2 atom stereocenters. The predicted molar refractivity (Wildman–Crippen MR) is 80.8 cm³/mol. The Kier molecular flexibility index (Phi) is 5.05. The van der Waals surface area contributed by atoms with E-state index in [9.17, 15) is 8.42 Å². The van der Waals surface area contributed by atoms with Gasteiger partial charge in [0.05, 0.1) is 17.6 Å². The molecule has 1 aliphatic heterocycles. The van der Waals surface area contributed by atoms with Crippen molar-refractivity contribution in [3.8, 4) is 5.75 Å². The first kappa shape index (κ1) is 15.3. The van der Waals surface area contributed by atoms with E-state index >= 15 is 0 Å². The number of hydrogen-bond acceptors (Lipinski definition) is 4. The van der Waals surface area contributed by atoms with E-state index in [1.807, 2.05) is 38.2 Å². The molecule has 2 rings (SSSR count). The van der Waals surface area contributed by atoms with E-state index in [4.69, 9.17) is 4.74 Å². The third-order valence-electron chi connectivity index (χ3n) is 3.84. The van der Waals surface area contributed by atoms with Crippen LogP contribution in [0.4, 0.5) is 0 Å². The highest BCUT2D eigenvalue weighted by molar-refractivity contribution is 7.92. The molecule has 4 nitrogen and oxygen atoms in total. The van der Waals surface area contributed by atoms with Gasteiger partial charge in [0.1, 0.15) is 5.75 Å². The molecule has 1 N–H and O–H groups in total. The number of ether oxygens (including phenoxy) is 1. The van der Waals surface area contributed by atoms with Crippen molar-refractivity contribution in [2.45, 2.75) is 37.5 Å². The monoisotopic (exact) mass is 297 g/mol. The lowest BCUT2D eigenvalue weighted by Crippen LogP contribution is -2.39. The lowest BCUT2D eigenvalue weighted by molar-refractivity contribution is 0.339. The maximum absolute atomic E-state index is 12.3. The highest BCUT2D eigenvalue weighted by Crippen LogP contribution is 2.31. The smallest absolute Gasteiger partial charge is 0.155 e. The Labute approximate surface area is 121 Å². The summed E-state index contributed by atoms with van der Waals surface area (Å²) in [6, 6.07) is 7.55. The highest BCUT2D eigenvalue weighted by Gasteiger charge is 2.35. The molecule has 1 aliphatic rings. The van der Waals surface area contributed by atoms with Crippen LogP contribution in [0.15, 0.2) is 24.3 Å². The molecule has 2 unspecified atom stereocenters. The van der Waals surface area contributed by atoms with Crippen LogP contribution in [0.2, 0.25) is 0 Å². The van der Waals surface area contributed by atoms with Crippen molar-refractivity contribution in [2.24, 2.45) is 0 Å². The van der Waals surface area contributed by atoms with Crippen LogP contribution in [0, 0.1) is 0 Å². The molecule has 0 bridgehead atoms. The van der Waals surface area contributed by atoms with Gasteiger partial charge in [0, 0.05) is 6.04 Å². The van der Waals surface area contributed by atoms with Crippen molar-refractivity contribution in [3.63, 3.8) is 0 Å². The van der Waals surface area contributed by atoms with Gasteiger partial charge in [-0.25, -0.2) is 8.42 Å². The van der Waals surface area contributed by atoms with Gasteiger partial charge in [0.25, 0.3) is 0 Å². The summed E-state index contributed by atoms with van der Waals surface area (Å²) in [4.78, 5) is 0. The minimum absolute atomic E-state index is 0.166. The summed E-state index contributed by atoms with van der Waals surface area (Å²) in [6.07, 6.45) is 2.49. The SMILES string of the molecule is CCOc1cccc(C(NC)C2CCCCS2(=O)=O)c1. The zero-order chi connectivity index (χ0) is 14.6. The molecule has 1 saturated heterocycles. The number of hydrogen-bond donors (Lipinski definition) is 1. The Bertz CT molecular complexity index is 542. The Morgan fingerprint density at radius 3 is 2.85 bits per heavy atom. The quantitative estimate of drug-likeness (QED) is 0.906. The van der Waals surface area contributed by atoms with E-state index in [1.165, 1.54) is 0 Å².